The molecule has 2 rings (SSSR count). The molecule has 0 spiro atoms. The van der Waals surface area contributed by atoms with Crippen molar-refractivity contribution in [1.82, 2.24) is 15.3 Å². The van der Waals surface area contributed by atoms with Gasteiger partial charge in [0.05, 0.1) is 11.7 Å². The van der Waals surface area contributed by atoms with Crippen LogP contribution in [0.4, 0.5) is 0 Å². The van der Waals surface area contributed by atoms with Crippen LogP contribution in [0, 0.1) is 0 Å². The quantitative estimate of drug-likeness (QED) is 0.780. The van der Waals surface area contributed by atoms with Gasteiger partial charge in [0.15, 0.2) is 0 Å². The van der Waals surface area contributed by atoms with E-state index in [9.17, 15) is 0 Å². The molecule has 0 saturated carbocycles. The van der Waals surface area contributed by atoms with Crippen LogP contribution in [0.2, 0.25) is 0 Å². The van der Waals surface area contributed by atoms with Crippen LogP contribution in [0.1, 0.15) is 57.2 Å². The third kappa shape index (κ3) is 3.91. The molecule has 98 valence electrons. The van der Waals surface area contributed by atoms with Gasteiger partial charge in [0.1, 0.15) is 0 Å². The number of aromatic nitrogens is 2. The van der Waals surface area contributed by atoms with Gasteiger partial charge in [-0.15, -0.1) is 0 Å². The van der Waals surface area contributed by atoms with Crippen LogP contribution in [0.25, 0.3) is 0 Å². The summed E-state index contributed by atoms with van der Waals surface area (Å²) in [5, 5.41) is 3.59. The fraction of sp³-hybridized carbons (Fsp3) is 0.600. The Kier molecular flexibility index (Phi) is 5.34. The number of allylic oxidation sites excluding steroid dienone is 1. The Bertz CT molecular complexity index is 373. The Hall–Kier alpha value is -1.22. The molecule has 1 heterocycles. The van der Waals surface area contributed by atoms with Crippen molar-refractivity contribution in [2.24, 2.45) is 0 Å². The summed E-state index contributed by atoms with van der Waals surface area (Å²) in [5.41, 5.74) is 2.65. The van der Waals surface area contributed by atoms with E-state index in [4.69, 9.17) is 0 Å². The predicted octanol–water partition coefficient (Wildman–Crippen LogP) is 3.41. The summed E-state index contributed by atoms with van der Waals surface area (Å²) in [4.78, 5) is 8.63. The summed E-state index contributed by atoms with van der Waals surface area (Å²) in [6.07, 6.45) is 15.2. The van der Waals surface area contributed by atoms with Crippen LogP contribution in [-0.4, -0.2) is 16.5 Å². The Morgan fingerprint density at radius 2 is 2.28 bits per heavy atom. The average molecular weight is 245 g/mol. The largest absolute Gasteiger partial charge is 0.308 e. The van der Waals surface area contributed by atoms with Gasteiger partial charge >= 0.3 is 0 Å². The number of hydrogen-bond donors (Lipinski definition) is 1. The monoisotopic (exact) mass is 245 g/mol. The highest BCUT2D eigenvalue weighted by molar-refractivity contribution is 5.12. The topological polar surface area (TPSA) is 37.8 Å². The van der Waals surface area contributed by atoms with E-state index in [1.54, 1.807) is 18.0 Å². The van der Waals surface area contributed by atoms with E-state index in [1.165, 1.54) is 25.7 Å². The second kappa shape index (κ2) is 7.27. The molecule has 1 aliphatic rings. The number of nitrogens with zero attached hydrogens (tertiary/aromatic N) is 2. The van der Waals surface area contributed by atoms with Crippen molar-refractivity contribution in [1.29, 1.82) is 0 Å². The fourth-order valence-electron chi connectivity index (χ4n) is 2.44. The first kappa shape index (κ1) is 13.2. The molecule has 3 nitrogen and oxygen atoms in total. The molecule has 3 heteroatoms. The molecule has 1 atom stereocenters. The van der Waals surface area contributed by atoms with E-state index in [2.05, 4.69) is 28.3 Å². The second-order valence-electron chi connectivity index (χ2n) is 4.95. The Labute approximate surface area is 110 Å². The second-order valence-corrected chi connectivity index (χ2v) is 4.95. The van der Waals surface area contributed by atoms with Gasteiger partial charge in [0, 0.05) is 18.6 Å². The zero-order chi connectivity index (χ0) is 12.6. The molecule has 1 unspecified atom stereocenters. The summed E-state index contributed by atoms with van der Waals surface area (Å²) < 4.78 is 0. The van der Waals surface area contributed by atoms with Crippen molar-refractivity contribution in [3.8, 4) is 0 Å². The Morgan fingerprint density at radius 3 is 2.94 bits per heavy atom. The van der Waals surface area contributed by atoms with E-state index < -0.39 is 0 Å². The number of rotatable bonds is 6. The number of nitrogens with one attached hydrogen (secondary N) is 1. The van der Waals surface area contributed by atoms with E-state index >= 15 is 0 Å². The van der Waals surface area contributed by atoms with E-state index in [1.807, 2.05) is 6.20 Å². The molecule has 1 aromatic heterocycles. The van der Waals surface area contributed by atoms with Gasteiger partial charge in [-0.3, -0.25) is 9.97 Å². The smallest absolute Gasteiger partial charge is 0.0759 e. The molecule has 18 heavy (non-hydrogen) atoms. The molecule has 1 aromatic rings. The lowest BCUT2D eigenvalue weighted by Gasteiger charge is -2.21. The van der Waals surface area contributed by atoms with E-state index in [0.29, 0.717) is 6.04 Å². The summed E-state index contributed by atoms with van der Waals surface area (Å²) in [6, 6.07) is 0.322. The molecular formula is C15H23N3. The van der Waals surface area contributed by atoms with Crippen LogP contribution in [0.15, 0.2) is 30.2 Å². The average Bonchev–Trinajstić information content (AvgIpc) is 2.45. The fourth-order valence-corrected chi connectivity index (χ4v) is 2.44. The van der Waals surface area contributed by atoms with Crippen molar-refractivity contribution in [2.75, 3.05) is 6.54 Å². The molecule has 0 amide bonds. The number of hydrogen-bond acceptors (Lipinski definition) is 3. The van der Waals surface area contributed by atoms with E-state index in [0.717, 1.165) is 25.1 Å². The van der Waals surface area contributed by atoms with Gasteiger partial charge in [-0.1, -0.05) is 18.6 Å². The third-order valence-corrected chi connectivity index (χ3v) is 3.43. The minimum absolute atomic E-state index is 0.322. The first-order valence-electron chi connectivity index (χ1n) is 7.07. The molecule has 1 aliphatic carbocycles. The predicted molar refractivity (Wildman–Crippen MR) is 74.2 cm³/mol. The molecule has 0 aromatic carbocycles. The summed E-state index contributed by atoms with van der Waals surface area (Å²) in [5.74, 6) is 0. The lowest BCUT2D eigenvalue weighted by atomic mass is 9.93. The van der Waals surface area contributed by atoms with Crippen LogP contribution >= 0.6 is 0 Å². The van der Waals surface area contributed by atoms with Crippen molar-refractivity contribution in [3.63, 3.8) is 0 Å². The highest BCUT2D eigenvalue weighted by Crippen LogP contribution is 2.26. The first-order chi connectivity index (χ1) is 8.90. The minimum atomic E-state index is 0.322. The maximum Gasteiger partial charge on any atom is 0.0759 e. The molecule has 0 bridgehead atoms. The van der Waals surface area contributed by atoms with Gasteiger partial charge in [-0.25, -0.2) is 0 Å². The van der Waals surface area contributed by atoms with Gasteiger partial charge in [-0.05, 0) is 45.1 Å². The summed E-state index contributed by atoms with van der Waals surface area (Å²) >= 11 is 0. The zero-order valence-corrected chi connectivity index (χ0v) is 11.2. The van der Waals surface area contributed by atoms with Crippen molar-refractivity contribution in [2.45, 2.75) is 51.5 Å². The van der Waals surface area contributed by atoms with Crippen molar-refractivity contribution < 1.29 is 0 Å². The zero-order valence-electron chi connectivity index (χ0n) is 11.2. The lowest BCUT2D eigenvalue weighted by molar-refractivity contribution is 0.500. The van der Waals surface area contributed by atoms with Gasteiger partial charge < -0.3 is 5.32 Å². The van der Waals surface area contributed by atoms with Crippen LogP contribution in [0.5, 0.6) is 0 Å². The normalized spacial score (nSPS) is 17.3. The highest BCUT2D eigenvalue weighted by atomic mass is 14.9. The maximum absolute atomic E-state index is 4.45. The van der Waals surface area contributed by atoms with Crippen LogP contribution in [0.3, 0.4) is 0 Å². The van der Waals surface area contributed by atoms with Gasteiger partial charge in [0.25, 0.3) is 0 Å². The standard InChI is InChI=1S/C15H23N3/c1-2-8-17-14(15-12-16-9-10-18-15)11-13-6-4-3-5-7-13/h6,9-10,12,14,17H,2-5,7-8,11H2,1H3. The Balaban J connectivity index is 2.02. The molecule has 0 radical (unpaired) electrons. The summed E-state index contributed by atoms with van der Waals surface area (Å²) in [7, 11) is 0. The van der Waals surface area contributed by atoms with Crippen molar-refractivity contribution >= 4 is 0 Å². The van der Waals surface area contributed by atoms with Gasteiger partial charge in [0.2, 0.25) is 0 Å². The lowest BCUT2D eigenvalue weighted by Crippen LogP contribution is -2.24. The van der Waals surface area contributed by atoms with E-state index in [-0.39, 0.29) is 0 Å². The first-order valence-corrected chi connectivity index (χ1v) is 7.07. The molecule has 0 fully saturated rings. The SMILES string of the molecule is CCCNC(CC1=CCCCC1)c1cnccn1. The molecule has 1 N–H and O–H groups in total. The van der Waals surface area contributed by atoms with Gasteiger partial charge in [-0.2, -0.15) is 0 Å². The van der Waals surface area contributed by atoms with Crippen LogP contribution in [-0.2, 0) is 0 Å². The minimum Gasteiger partial charge on any atom is -0.308 e. The highest BCUT2D eigenvalue weighted by Gasteiger charge is 2.15. The molecule has 0 saturated heterocycles. The molecule has 0 aliphatic heterocycles. The third-order valence-electron chi connectivity index (χ3n) is 3.43. The summed E-state index contributed by atoms with van der Waals surface area (Å²) in [6.45, 7) is 3.23. The maximum atomic E-state index is 4.45. The van der Waals surface area contributed by atoms with Crippen molar-refractivity contribution in [3.05, 3.63) is 35.9 Å². The Morgan fingerprint density at radius 1 is 1.33 bits per heavy atom. The van der Waals surface area contributed by atoms with Crippen LogP contribution < -0.4 is 5.32 Å². The molecular weight excluding hydrogens is 222 g/mol.